The molecule has 1 aromatic rings. The zero-order valence-electron chi connectivity index (χ0n) is 9.56. The number of esters is 1. The summed E-state index contributed by atoms with van der Waals surface area (Å²) in [6.07, 6.45) is 4.17. The van der Waals surface area contributed by atoms with Gasteiger partial charge in [-0.25, -0.2) is 4.98 Å². The first-order valence-electron chi connectivity index (χ1n) is 5.55. The molecule has 2 unspecified atom stereocenters. The standard InChI is InChI=1S/C12H14BrNO3/c1-16-12(15)8-2-4-10(6-8)17-11-5-3-9(13)7-14-11/h3,5,7-8,10H,2,4,6H2,1H3. The topological polar surface area (TPSA) is 48.4 Å². The minimum atomic E-state index is -0.139. The number of ether oxygens (including phenoxy) is 2. The van der Waals surface area contributed by atoms with Gasteiger partial charge in [0.25, 0.3) is 0 Å². The molecule has 0 saturated heterocycles. The number of nitrogens with zero attached hydrogens (tertiary/aromatic N) is 1. The maximum atomic E-state index is 11.4. The van der Waals surface area contributed by atoms with Crippen LogP contribution < -0.4 is 4.74 Å². The quantitative estimate of drug-likeness (QED) is 0.805. The zero-order chi connectivity index (χ0) is 12.3. The van der Waals surface area contributed by atoms with Crippen LogP contribution in [0.4, 0.5) is 0 Å². The number of halogens is 1. The number of carbonyl (C=O) groups excluding carboxylic acids is 1. The highest BCUT2D eigenvalue weighted by Crippen LogP contribution is 2.29. The lowest BCUT2D eigenvalue weighted by molar-refractivity contribution is -0.145. The SMILES string of the molecule is COC(=O)C1CCC(Oc2ccc(Br)cn2)C1. The summed E-state index contributed by atoms with van der Waals surface area (Å²) in [7, 11) is 1.42. The molecule has 92 valence electrons. The van der Waals surface area contributed by atoms with Crippen molar-refractivity contribution in [2.45, 2.75) is 25.4 Å². The predicted molar refractivity (Wildman–Crippen MR) is 65.7 cm³/mol. The highest BCUT2D eigenvalue weighted by molar-refractivity contribution is 9.10. The number of carbonyl (C=O) groups is 1. The van der Waals surface area contributed by atoms with Crippen LogP contribution in [0.1, 0.15) is 19.3 Å². The smallest absolute Gasteiger partial charge is 0.308 e. The van der Waals surface area contributed by atoms with Gasteiger partial charge in [0.15, 0.2) is 0 Å². The molecule has 2 rings (SSSR count). The molecule has 17 heavy (non-hydrogen) atoms. The van der Waals surface area contributed by atoms with Crippen LogP contribution in [0.25, 0.3) is 0 Å². The van der Waals surface area contributed by atoms with Gasteiger partial charge in [-0.2, -0.15) is 0 Å². The number of aromatic nitrogens is 1. The first-order valence-corrected chi connectivity index (χ1v) is 6.34. The van der Waals surface area contributed by atoms with Crippen LogP contribution in [0, 0.1) is 5.92 Å². The molecule has 0 radical (unpaired) electrons. The van der Waals surface area contributed by atoms with E-state index < -0.39 is 0 Å². The van der Waals surface area contributed by atoms with Crippen LogP contribution in [-0.2, 0) is 9.53 Å². The van der Waals surface area contributed by atoms with Gasteiger partial charge in [0.2, 0.25) is 5.88 Å². The van der Waals surface area contributed by atoms with Gasteiger partial charge in [0.05, 0.1) is 13.0 Å². The second-order valence-electron chi connectivity index (χ2n) is 4.09. The average Bonchev–Trinajstić information content (AvgIpc) is 2.80. The van der Waals surface area contributed by atoms with Crippen molar-refractivity contribution in [3.63, 3.8) is 0 Å². The zero-order valence-corrected chi connectivity index (χ0v) is 11.1. The maximum absolute atomic E-state index is 11.4. The lowest BCUT2D eigenvalue weighted by Crippen LogP contribution is -2.17. The van der Waals surface area contributed by atoms with Crippen molar-refractivity contribution in [3.8, 4) is 5.88 Å². The Kier molecular flexibility index (Phi) is 3.99. The Bertz CT molecular complexity index is 393. The van der Waals surface area contributed by atoms with Crippen molar-refractivity contribution < 1.29 is 14.3 Å². The number of methoxy groups -OCH3 is 1. The highest BCUT2D eigenvalue weighted by atomic mass is 79.9. The van der Waals surface area contributed by atoms with E-state index in [9.17, 15) is 4.79 Å². The number of hydrogen-bond donors (Lipinski definition) is 0. The minimum Gasteiger partial charge on any atom is -0.474 e. The summed E-state index contributed by atoms with van der Waals surface area (Å²) in [6.45, 7) is 0. The second-order valence-corrected chi connectivity index (χ2v) is 5.00. The average molecular weight is 300 g/mol. The number of rotatable bonds is 3. The van der Waals surface area contributed by atoms with Gasteiger partial charge in [-0.3, -0.25) is 4.79 Å². The molecule has 1 aromatic heterocycles. The molecule has 5 heteroatoms. The van der Waals surface area contributed by atoms with E-state index in [-0.39, 0.29) is 18.0 Å². The fraction of sp³-hybridized carbons (Fsp3) is 0.500. The first-order chi connectivity index (χ1) is 8.19. The summed E-state index contributed by atoms with van der Waals surface area (Å²) in [4.78, 5) is 15.5. The molecule has 0 bridgehead atoms. The largest absolute Gasteiger partial charge is 0.474 e. The van der Waals surface area contributed by atoms with Gasteiger partial charge >= 0.3 is 5.97 Å². The second kappa shape index (κ2) is 5.49. The van der Waals surface area contributed by atoms with E-state index in [1.54, 1.807) is 6.20 Å². The molecule has 1 aliphatic carbocycles. The number of hydrogen-bond acceptors (Lipinski definition) is 4. The summed E-state index contributed by atoms with van der Waals surface area (Å²) in [5.41, 5.74) is 0. The maximum Gasteiger partial charge on any atom is 0.308 e. The van der Waals surface area contributed by atoms with E-state index in [1.807, 2.05) is 12.1 Å². The third kappa shape index (κ3) is 3.19. The van der Waals surface area contributed by atoms with Crippen molar-refractivity contribution in [2.24, 2.45) is 5.92 Å². The number of pyridine rings is 1. The van der Waals surface area contributed by atoms with Crippen molar-refractivity contribution >= 4 is 21.9 Å². The predicted octanol–water partition coefficient (Wildman–Crippen LogP) is 2.56. The lowest BCUT2D eigenvalue weighted by atomic mass is 10.1. The summed E-state index contributed by atoms with van der Waals surface area (Å²) in [6, 6.07) is 3.70. The van der Waals surface area contributed by atoms with E-state index in [4.69, 9.17) is 9.47 Å². The van der Waals surface area contributed by atoms with E-state index in [1.165, 1.54) is 7.11 Å². The minimum absolute atomic E-state index is 0.0274. The van der Waals surface area contributed by atoms with Crippen molar-refractivity contribution in [3.05, 3.63) is 22.8 Å². The molecule has 0 amide bonds. The van der Waals surface area contributed by atoms with Crippen molar-refractivity contribution in [2.75, 3.05) is 7.11 Å². The van der Waals surface area contributed by atoms with Crippen molar-refractivity contribution in [1.82, 2.24) is 4.98 Å². The molecule has 1 heterocycles. The Morgan fingerprint density at radius 2 is 2.29 bits per heavy atom. The van der Waals surface area contributed by atoms with Crippen LogP contribution in [0.2, 0.25) is 0 Å². The van der Waals surface area contributed by atoms with Gasteiger partial charge in [0, 0.05) is 16.7 Å². The Balaban J connectivity index is 1.89. The van der Waals surface area contributed by atoms with E-state index in [0.29, 0.717) is 12.3 Å². The normalized spacial score (nSPS) is 23.4. The third-order valence-corrected chi connectivity index (χ3v) is 3.38. The monoisotopic (exact) mass is 299 g/mol. The van der Waals surface area contributed by atoms with Crippen LogP contribution in [0.5, 0.6) is 5.88 Å². The molecule has 0 N–H and O–H groups in total. The Hall–Kier alpha value is -1.10. The summed E-state index contributed by atoms with van der Waals surface area (Å²) in [5.74, 6) is 0.434. The molecule has 0 aromatic carbocycles. The molecule has 4 nitrogen and oxygen atoms in total. The van der Waals surface area contributed by atoms with E-state index in [0.717, 1.165) is 17.3 Å². The van der Waals surface area contributed by atoms with Gasteiger partial charge in [0.1, 0.15) is 6.10 Å². The summed E-state index contributed by atoms with van der Waals surface area (Å²) >= 11 is 3.32. The lowest BCUT2D eigenvalue weighted by Gasteiger charge is -2.12. The molecule has 1 saturated carbocycles. The molecular weight excluding hydrogens is 286 g/mol. The fourth-order valence-corrected chi connectivity index (χ4v) is 2.27. The fourth-order valence-electron chi connectivity index (χ4n) is 2.03. The van der Waals surface area contributed by atoms with Crippen LogP contribution in [0.3, 0.4) is 0 Å². The molecule has 0 aliphatic heterocycles. The van der Waals surface area contributed by atoms with Gasteiger partial charge in [-0.15, -0.1) is 0 Å². The molecule has 1 fully saturated rings. The van der Waals surface area contributed by atoms with Gasteiger partial charge in [-0.05, 0) is 41.3 Å². The van der Waals surface area contributed by atoms with Crippen LogP contribution in [-0.4, -0.2) is 24.2 Å². The van der Waals surface area contributed by atoms with Crippen LogP contribution >= 0.6 is 15.9 Å². The van der Waals surface area contributed by atoms with Gasteiger partial charge in [-0.1, -0.05) is 0 Å². The Morgan fingerprint density at radius 1 is 1.47 bits per heavy atom. The van der Waals surface area contributed by atoms with Crippen LogP contribution in [0.15, 0.2) is 22.8 Å². The first kappa shape index (κ1) is 12.4. The van der Waals surface area contributed by atoms with E-state index >= 15 is 0 Å². The Morgan fingerprint density at radius 3 is 2.94 bits per heavy atom. The Labute approximate surface area is 108 Å². The third-order valence-electron chi connectivity index (χ3n) is 2.91. The summed E-state index contributed by atoms with van der Waals surface area (Å²) < 4.78 is 11.4. The van der Waals surface area contributed by atoms with Crippen molar-refractivity contribution in [1.29, 1.82) is 0 Å². The molecule has 2 atom stereocenters. The van der Waals surface area contributed by atoms with Gasteiger partial charge < -0.3 is 9.47 Å². The highest BCUT2D eigenvalue weighted by Gasteiger charge is 2.31. The van der Waals surface area contributed by atoms with E-state index in [2.05, 4.69) is 20.9 Å². The molecule has 1 aliphatic rings. The molecular formula is C12H14BrNO3. The summed E-state index contributed by atoms with van der Waals surface area (Å²) in [5, 5.41) is 0. The molecule has 0 spiro atoms.